The average Bonchev–Trinajstić information content (AvgIpc) is 2.48. The number of anilines is 1. The Balaban J connectivity index is 2.12. The lowest BCUT2D eigenvalue weighted by molar-refractivity contribution is 0.186. The summed E-state index contributed by atoms with van der Waals surface area (Å²) in [7, 11) is 0. The highest BCUT2D eigenvalue weighted by molar-refractivity contribution is 5.54. The van der Waals surface area contributed by atoms with E-state index in [1.807, 2.05) is 6.92 Å². The molecule has 0 amide bonds. The van der Waals surface area contributed by atoms with Crippen LogP contribution in [0.3, 0.4) is 0 Å². The van der Waals surface area contributed by atoms with Crippen LogP contribution in [-0.2, 0) is 6.42 Å². The molecule has 2 rings (SSSR count). The van der Waals surface area contributed by atoms with Gasteiger partial charge in [0.2, 0.25) is 0 Å². The second kappa shape index (κ2) is 5.35. The van der Waals surface area contributed by atoms with Gasteiger partial charge in [-0.05, 0) is 44.2 Å². The zero-order valence-corrected chi connectivity index (χ0v) is 10.0. The first kappa shape index (κ1) is 11.5. The monoisotopic (exact) mass is 219 g/mol. The van der Waals surface area contributed by atoms with Gasteiger partial charge in [0.1, 0.15) is 0 Å². The Labute approximate surface area is 97.9 Å². The Morgan fingerprint density at radius 3 is 2.94 bits per heavy atom. The first-order valence-electron chi connectivity index (χ1n) is 6.28. The molecule has 1 aliphatic rings. The number of fused-ring (bicyclic) bond motifs is 1. The van der Waals surface area contributed by atoms with E-state index < -0.39 is 0 Å². The fraction of sp³-hybridized carbons (Fsp3) is 0.571. The fourth-order valence-corrected chi connectivity index (χ4v) is 2.34. The van der Waals surface area contributed by atoms with Gasteiger partial charge >= 0.3 is 0 Å². The molecule has 1 heterocycles. The van der Waals surface area contributed by atoms with Gasteiger partial charge < -0.3 is 10.0 Å². The quantitative estimate of drug-likeness (QED) is 0.844. The second-order valence-electron chi connectivity index (χ2n) is 4.71. The van der Waals surface area contributed by atoms with Crippen molar-refractivity contribution in [3.63, 3.8) is 0 Å². The first-order chi connectivity index (χ1) is 7.77. The number of hydrogen-bond acceptors (Lipinski definition) is 2. The van der Waals surface area contributed by atoms with Crippen molar-refractivity contribution in [2.24, 2.45) is 0 Å². The number of aliphatic hydroxyl groups is 1. The van der Waals surface area contributed by atoms with E-state index in [4.69, 9.17) is 0 Å². The van der Waals surface area contributed by atoms with E-state index >= 15 is 0 Å². The fourth-order valence-electron chi connectivity index (χ4n) is 2.34. The van der Waals surface area contributed by atoms with Gasteiger partial charge in [-0.1, -0.05) is 18.2 Å². The minimum absolute atomic E-state index is 0.199. The van der Waals surface area contributed by atoms with E-state index in [2.05, 4.69) is 29.2 Å². The topological polar surface area (TPSA) is 23.5 Å². The van der Waals surface area contributed by atoms with Crippen LogP contribution in [0.5, 0.6) is 0 Å². The largest absolute Gasteiger partial charge is 0.393 e. The summed E-state index contributed by atoms with van der Waals surface area (Å²) >= 11 is 0. The number of aryl methyl sites for hydroxylation is 1. The molecule has 0 aliphatic carbocycles. The number of benzene rings is 1. The van der Waals surface area contributed by atoms with Gasteiger partial charge in [0.05, 0.1) is 6.10 Å². The lowest BCUT2D eigenvalue weighted by atomic mass is 10.1. The third kappa shape index (κ3) is 2.76. The molecular formula is C14H21NO. The van der Waals surface area contributed by atoms with Gasteiger partial charge in [-0.15, -0.1) is 0 Å². The van der Waals surface area contributed by atoms with Gasteiger partial charge in [-0.25, -0.2) is 0 Å². The Hall–Kier alpha value is -1.02. The van der Waals surface area contributed by atoms with Crippen molar-refractivity contribution in [2.75, 3.05) is 18.0 Å². The summed E-state index contributed by atoms with van der Waals surface area (Å²) in [5.74, 6) is 0. The van der Waals surface area contributed by atoms with Crippen molar-refractivity contribution in [3.8, 4) is 0 Å². The van der Waals surface area contributed by atoms with E-state index in [1.54, 1.807) is 0 Å². The summed E-state index contributed by atoms with van der Waals surface area (Å²) in [6, 6.07) is 8.68. The van der Waals surface area contributed by atoms with Crippen LogP contribution < -0.4 is 4.90 Å². The van der Waals surface area contributed by atoms with Crippen LogP contribution in [0.2, 0.25) is 0 Å². The normalized spacial score (nSPS) is 17.8. The molecule has 2 nitrogen and oxygen atoms in total. The first-order valence-corrected chi connectivity index (χ1v) is 6.28. The zero-order valence-electron chi connectivity index (χ0n) is 10.0. The summed E-state index contributed by atoms with van der Waals surface area (Å²) < 4.78 is 0. The van der Waals surface area contributed by atoms with Gasteiger partial charge in [-0.3, -0.25) is 0 Å². The number of para-hydroxylation sites is 1. The van der Waals surface area contributed by atoms with Crippen molar-refractivity contribution < 1.29 is 5.11 Å². The second-order valence-corrected chi connectivity index (χ2v) is 4.71. The van der Waals surface area contributed by atoms with Crippen LogP contribution >= 0.6 is 0 Å². The van der Waals surface area contributed by atoms with Gasteiger partial charge in [-0.2, -0.15) is 0 Å². The third-order valence-electron chi connectivity index (χ3n) is 3.27. The molecule has 1 aromatic carbocycles. The highest BCUT2D eigenvalue weighted by Gasteiger charge is 2.14. The Morgan fingerprint density at radius 2 is 2.12 bits per heavy atom. The van der Waals surface area contributed by atoms with Crippen LogP contribution in [0, 0.1) is 0 Å². The number of rotatable bonds is 3. The molecule has 88 valence electrons. The molecule has 0 aromatic heterocycles. The summed E-state index contributed by atoms with van der Waals surface area (Å²) in [5.41, 5.74) is 2.84. The van der Waals surface area contributed by atoms with E-state index in [0.717, 1.165) is 19.5 Å². The maximum absolute atomic E-state index is 9.37. The molecule has 2 heteroatoms. The van der Waals surface area contributed by atoms with E-state index in [1.165, 1.54) is 30.5 Å². The summed E-state index contributed by atoms with van der Waals surface area (Å²) in [6.07, 6.45) is 4.39. The number of aliphatic hydroxyl groups excluding tert-OH is 1. The number of nitrogens with zero attached hydrogens (tertiary/aromatic N) is 1. The Kier molecular flexibility index (Phi) is 3.83. The minimum atomic E-state index is -0.199. The molecule has 0 saturated heterocycles. The lowest BCUT2D eigenvalue weighted by Crippen LogP contribution is -2.27. The molecule has 0 saturated carbocycles. The SMILES string of the molecule is CC(O)CCN1CCCCc2ccccc21. The molecule has 1 atom stereocenters. The molecule has 0 radical (unpaired) electrons. The van der Waals surface area contributed by atoms with Crippen LogP contribution in [0.15, 0.2) is 24.3 Å². The van der Waals surface area contributed by atoms with Crippen molar-refractivity contribution in [2.45, 2.75) is 38.7 Å². The molecule has 16 heavy (non-hydrogen) atoms. The van der Waals surface area contributed by atoms with Crippen LogP contribution in [0.25, 0.3) is 0 Å². The summed E-state index contributed by atoms with van der Waals surface area (Å²) in [4.78, 5) is 2.43. The Morgan fingerprint density at radius 1 is 1.31 bits per heavy atom. The van der Waals surface area contributed by atoms with Gasteiger partial charge in [0, 0.05) is 18.8 Å². The maximum Gasteiger partial charge on any atom is 0.0528 e. The van der Waals surface area contributed by atoms with E-state index in [0.29, 0.717) is 0 Å². The maximum atomic E-state index is 9.37. The van der Waals surface area contributed by atoms with Crippen molar-refractivity contribution in [3.05, 3.63) is 29.8 Å². The zero-order chi connectivity index (χ0) is 11.4. The van der Waals surface area contributed by atoms with Gasteiger partial charge in [0.25, 0.3) is 0 Å². The third-order valence-corrected chi connectivity index (χ3v) is 3.27. The average molecular weight is 219 g/mol. The van der Waals surface area contributed by atoms with Crippen LogP contribution in [0.1, 0.15) is 31.7 Å². The molecule has 1 aromatic rings. The molecular weight excluding hydrogens is 198 g/mol. The standard InChI is InChI=1S/C14H21NO/c1-12(16)9-11-15-10-5-4-7-13-6-2-3-8-14(13)15/h2-3,6,8,12,16H,4-5,7,9-11H2,1H3. The molecule has 1 N–H and O–H groups in total. The predicted octanol–water partition coefficient (Wildman–Crippen LogP) is 2.60. The van der Waals surface area contributed by atoms with Crippen LogP contribution in [0.4, 0.5) is 5.69 Å². The summed E-state index contributed by atoms with van der Waals surface area (Å²) in [6.45, 7) is 3.96. The van der Waals surface area contributed by atoms with E-state index in [9.17, 15) is 5.11 Å². The van der Waals surface area contributed by atoms with Gasteiger partial charge in [0.15, 0.2) is 0 Å². The molecule has 1 aliphatic heterocycles. The van der Waals surface area contributed by atoms with Crippen molar-refractivity contribution in [1.29, 1.82) is 0 Å². The van der Waals surface area contributed by atoms with Crippen molar-refractivity contribution >= 4 is 5.69 Å². The highest BCUT2D eigenvalue weighted by atomic mass is 16.3. The molecule has 0 fully saturated rings. The van der Waals surface area contributed by atoms with Crippen LogP contribution in [-0.4, -0.2) is 24.3 Å². The minimum Gasteiger partial charge on any atom is -0.393 e. The van der Waals surface area contributed by atoms with E-state index in [-0.39, 0.29) is 6.10 Å². The Bertz CT molecular complexity index is 335. The molecule has 1 unspecified atom stereocenters. The van der Waals surface area contributed by atoms with Crippen molar-refractivity contribution in [1.82, 2.24) is 0 Å². The smallest absolute Gasteiger partial charge is 0.0528 e. The molecule has 0 bridgehead atoms. The number of hydrogen-bond donors (Lipinski definition) is 1. The lowest BCUT2D eigenvalue weighted by Gasteiger charge is -2.25. The summed E-state index contributed by atoms with van der Waals surface area (Å²) in [5, 5.41) is 9.37. The highest BCUT2D eigenvalue weighted by Crippen LogP contribution is 2.26. The predicted molar refractivity (Wildman–Crippen MR) is 67.9 cm³/mol. The molecule has 0 spiro atoms.